The van der Waals surface area contributed by atoms with Crippen LogP contribution >= 0.6 is 0 Å². The van der Waals surface area contributed by atoms with Crippen molar-refractivity contribution < 1.29 is 4.79 Å². The second-order valence-electron chi connectivity index (χ2n) is 5.96. The summed E-state index contributed by atoms with van der Waals surface area (Å²) in [6, 6.07) is 8.43. The van der Waals surface area contributed by atoms with E-state index in [0.717, 1.165) is 26.1 Å². The highest BCUT2D eigenvalue weighted by atomic mass is 16.2. The van der Waals surface area contributed by atoms with E-state index in [9.17, 15) is 4.79 Å². The summed E-state index contributed by atoms with van der Waals surface area (Å²) in [4.78, 5) is 14.1. The van der Waals surface area contributed by atoms with Crippen molar-refractivity contribution in [3.63, 3.8) is 0 Å². The van der Waals surface area contributed by atoms with Gasteiger partial charge in [0.1, 0.15) is 0 Å². The zero-order valence-corrected chi connectivity index (χ0v) is 12.7. The number of aryl methyl sites for hydroxylation is 2. The SMILES string of the molecule is Cc1cccc(CCC(=O)N(C)CC2CCNCC2)c1. The molecule has 1 aromatic rings. The average molecular weight is 274 g/mol. The minimum absolute atomic E-state index is 0.269. The molecule has 0 saturated carbocycles. The average Bonchev–Trinajstić information content (AvgIpc) is 2.46. The maximum atomic E-state index is 12.2. The Hall–Kier alpha value is -1.35. The number of piperidine rings is 1. The normalized spacial score (nSPS) is 16.1. The molecule has 1 fully saturated rings. The van der Waals surface area contributed by atoms with Crippen LogP contribution in [0.2, 0.25) is 0 Å². The summed E-state index contributed by atoms with van der Waals surface area (Å²) in [5.41, 5.74) is 2.52. The van der Waals surface area contributed by atoms with Crippen LogP contribution in [0, 0.1) is 12.8 Å². The van der Waals surface area contributed by atoms with Gasteiger partial charge >= 0.3 is 0 Å². The lowest BCUT2D eigenvalue weighted by Gasteiger charge is -2.27. The first-order chi connectivity index (χ1) is 9.65. The molecule has 1 aliphatic heterocycles. The van der Waals surface area contributed by atoms with Crippen molar-refractivity contribution in [3.8, 4) is 0 Å². The second kappa shape index (κ2) is 7.44. The maximum Gasteiger partial charge on any atom is 0.222 e. The Morgan fingerprint density at radius 2 is 2.10 bits per heavy atom. The molecule has 20 heavy (non-hydrogen) atoms. The van der Waals surface area contributed by atoms with Crippen LogP contribution in [0.25, 0.3) is 0 Å². The molecule has 1 aliphatic rings. The lowest BCUT2D eigenvalue weighted by atomic mass is 9.97. The zero-order valence-electron chi connectivity index (χ0n) is 12.7. The van der Waals surface area contributed by atoms with Crippen molar-refractivity contribution in [2.45, 2.75) is 32.6 Å². The monoisotopic (exact) mass is 274 g/mol. The van der Waals surface area contributed by atoms with Gasteiger partial charge in [-0.2, -0.15) is 0 Å². The molecule has 110 valence electrons. The molecule has 1 N–H and O–H groups in total. The van der Waals surface area contributed by atoms with Gasteiger partial charge in [0.15, 0.2) is 0 Å². The number of benzene rings is 1. The minimum Gasteiger partial charge on any atom is -0.345 e. The molecule has 0 aliphatic carbocycles. The third kappa shape index (κ3) is 4.64. The summed E-state index contributed by atoms with van der Waals surface area (Å²) in [7, 11) is 1.95. The van der Waals surface area contributed by atoms with Crippen molar-refractivity contribution in [1.82, 2.24) is 10.2 Å². The lowest BCUT2D eigenvalue weighted by Crippen LogP contribution is -2.37. The van der Waals surface area contributed by atoms with Gasteiger partial charge in [0.2, 0.25) is 5.91 Å². The summed E-state index contributed by atoms with van der Waals surface area (Å²) in [6.07, 6.45) is 3.84. The minimum atomic E-state index is 0.269. The molecule has 1 aromatic carbocycles. The standard InChI is InChI=1S/C17H26N2O/c1-14-4-3-5-15(12-14)6-7-17(20)19(2)13-16-8-10-18-11-9-16/h3-5,12,16,18H,6-11,13H2,1-2H3. The fourth-order valence-corrected chi connectivity index (χ4v) is 2.86. The van der Waals surface area contributed by atoms with Crippen LogP contribution < -0.4 is 5.32 Å². The number of nitrogens with one attached hydrogen (secondary N) is 1. The van der Waals surface area contributed by atoms with Gasteiger partial charge in [0, 0.05) is 20.0 Å². The van der Waals surface area contributed by atoms with Crippen molar-refractivity contribution in [1.29, 1.82) is 0 Å². The fraction of sp³-hybridized carbons (Fsp3) is 0.588. The Bertz CT molecular complexity index is 438. The number of carbonyl (C=O) groups is 1. The second-order valence-corrected chi connectivity index (χ2v) is 5.96. The number of amides is 1. The van der Waals surface area contributed by atoms with E-state index in [2.05, 4.69) is 36.5 Å². The van der Waals surface area contributed by atoms with Gasteiger partial charge in [0.05, 0.1) is 0 Å². The topological polar surface area (TPSA) is 32.3 Å². The third-order valence-corrected chi connectivity index (χ3v) is 4.13. The highest BCUT2D eigenvalue weighted by Crippen LogP contribution is 2.14. The largest absolute Gasteiger partial charge is 0.345 e. The van der Waals surface area contributed by atoms with E-state index in [-0.39, 0.29) is 5.91 Å². The molecule has 0 bridgehead atoms. The van der Waals surface area contributed by atoms with E-state index in [0.29, 0.717) is 12.3 Å². The van der Waals surface area contributed by atoms with Gasteiger partial charge in [-0.3, -0.25) is 4.79 Å². The Morgan fingerprint density at radius 3 is 2.80 bits per heavy atom. The van der Waals surface area contributed by atoms with Gasteiger partial charge in [-0.1, -0.05) is 29.8 Å². The molecule has 1 heterocycles. The quantitative estimate of drug-likeness (QED) is 0.894. The van der Waals surface area contributed by atoms with Crippen molar-refractivity contribution in [3.05, 3.63) is 35.4 Å². The maximum absolute atomic E-state index is 12.2. The summed E-state index contributed by atoms with van der Waals surface area (Å²) >= 11 is 0. The predicted octanol–water partition coefficient (Wildman–Crippen LogP) is 2.39. The summed E-state index contributed by atoms with van der Waals surface area (Å²) in [5.74, 6) is 0.939. The van der Waals surface area contributed by atoms with E-state index >= 15 is 0 Å². The molecule has 1 amide bonds. The lowest BCUT2D eigenvalue weighted by molar-refractivity contribution is -0.130. The van der Waals surface area contributed by atoms with E-state index in [4.69, 9.17) is 0 Å². The first kappa shape index (κ1) is 15.0. The molecule has 0 unspecified atom stereocenters. The summed E-state index contributed by atoms with van der Waals surface area (Å²) in [5, 5.41) is 3.37. The molecular weight excluding hydrogens is 248 g/mol. The Morgan fingerprint density at radius 1 is 1.35 bits per heavy atom. The summed E-state index contributed by atoms with van der Waals surface area (Å²) in [6.45, 7) is 5.19. The fourth-order valence-electron chi connectivity index (χ4n) is 2.86. The summed E-state index contributed by atoms with van der Waals surface area (Å²) < 4.78 is 0. The predicted molar refractivity (Wildman–Crippen MR) is 82.7 cm³/mol. The van der Waals surface area contributed by atoms with Crippen LogP contribution in [0.5, 0.6) is 0 Å². The van der Waals surface area contributed by atoms with Gasteiger partial charge in [-0.15, -0.1) is 0 Å². The molecule has 0 atom stereocenters. The van der Waals surface area contributed by atoms with Gasteiger partial charge in [-0.25, -0.2) is 0 Å². The highest BCUT2D eigenvalue weighted by molar-refractivity contribution is 5.76. The van der Waals surface area contributed by atoms with Crippen LogP contribution in [0.4, 0.5) is 0 Å². The van der Waals surface area contributed by atoms with Gasteiger partial charge in [-0.05, 0) is 50.8 Å². The van der Waals surface area contributed by atoms with E-state index in [1.807, 2.05) is 11.9 Å². The molecular formula is C17H26N2O. The molecule has 0 radical (unpaired) electrons. The van der Waals surface area contributed by atoms with Crippen LogP contribution in [-0.2, 0) is 11.2 Å². The number of rotatable bonds is 5. The molecule has 0 aromatic heterocycles. The van der Waals surface area contributed by atoms with Crippen molar-refractivity contribution in [2.75, 3.05) is 26.7 Å². The highest BCUT2D eigenvalue weighted by Gasteiger charge is 2.17. The van der Waals surface area contributed by atoms with E-state index in [1.54, 1.807) is 0 Å². The number of hydrogen-bond donors (Lipinski definition) is 1. The van der Waals surface area contributed by atoms with Crippen molar-refractivity contribution in [2.24, 2.45) is 5.92 Å². The number of hydrogen-bond acceptors (Lipinski definition) is 2. The Balaban J connectivity index is 1.76. The first-order valence-corrected chi connectivity index (χ1v) is 7.65. The molecule has 3 heteroatoms. The Kier molecular flexibility index (Phi) is 5.60. The molecule has 2 rings (SSSR count). The molecule has 1 saturated heterocycles. The smallest absolute Gasteiger partial charge is 0.222 e. The van der Waals surface area contributed by atoms with E-state index < -0.39 is 0 Å². The zero-order chi connectivity index (χ0) is 14.4. The van der Waals surface area contributed by atoms with Crippen LogP contribution in [0.15, 0.2) is 24.3 Å². The number of carbonyl (C=O) groups excluding carboxylic acids is 1. The third-order valence-electron chi connectivity index (χ3n) is 4.13. The van der Waals surface area contributed by atoms with Crippen LogP contribution in [0.1, 0.15) is 30.4 Å². The number of nitrogens with zero attached hydrogens (tertiary/aromatic N) is 1. The Labute approximate surface area is 122 Å². The van der Waals surface area contributed by atoms with E-state index in [1.165, 1.54) is 24.0 Å². The van der Waals surface area contributed by atoms with Crippen molar-refractivity contribution >= 4 is 5.91 Å². The first-order valence-electron chi connectivity index (χ1n) is 7.65. The van der Waals surface area contributed by atoms with Crippen LogP contribution in [0.3, 0.4) is 0 Å². The molecule has 3 nitrogen and oxygen atoms in total. The van der Waals surface area contributed by atoms with Gasteiger partial charge in [0.25, 0.3) is 0 Å². The molecule has 0 spiro atoms. The van der Waals surface area contributed by atoms with Gasteiger partial charge < -0.3 is 10.2 Å². The van der Waals surface area contributed by atoms with Crippen LogP contribution in [-0.4, -0.2) is 37.5 Å².